The molecule has 3 fully saturated rings. The molecule has 41 heavy (non-hydrogen) atoms. The molecule has 0 spiro atoms. The third-order valence-electron chi connectivity index (χ3n) is 7.05. The minimum atomic E-state index is -1.98. The van der Waals surface area contributed by atoms with Crippen LogP contribution in [0.1, 0.15) is 12.8 Å². The molecule has 0 saturated carbocycles. The minimum Gasteiger partial charge on any atom is -0.479 e. The van der Waals surface area contributed by atoms with Crippen LogP contribution in [0.25, 0.3) is 0 Å². The van der Waals surface area contributed by atoms with Crippen molar-refractivity contribution >= 4 is 17.9 Å². The van der Waals surface area contributed by atoms with E-state index >= 15 is 0 Å². The van der Waals surface area contributed by atoms with Gasteiger partial charge in [-0.25, -0.2) is 4.79 Å². The van der Waals surface area contributed by atoms with Crippen LogP contribution >= 0.6 is 0 Å². The Hall–Kier alpha value is -2.07. The van der Waals surface area contributed by atoms with E-state index in [2.05, 4.69) is 9.47 Å². The Morgan fingerprint density at radius 1 is 0.683 bits per heavy atom. The van der Waals surface area contributed by atoms with Gasteiger partial charge < -0.3 is 73.6 Å². The summed E-state index contributed by atoms with van der Waals surface area (Å²) in [7, 11) is 3.27. The lowest BCUT2D eigenvalue weighted by atomic mass is 9.94. The minimum absolute atomic E-state index is 0.350. The van der Waals surface area contributed by atoms with E-state index in [1.165, 1.54) is 0 Å². The van der Waals surface area contributed by atoms with Crippen molar-refractivity contribution in [3.63, 3.8) is 0 Å². The lowest BCUT2D eigenvalue weighted by molar-refractivity contribution is -0.366. The second kappa shape index (κ2) is 14.4. The third kappa shape index (κ3) is 7.48. The van der Waals surface area contributed by atoms with Crippen molar-refractivity contribution in [1.82, 2.24) is 0 Å². The first-order valence-corrected chi connectivity index (χ1v) is 12.6. The van der Waals surface area contributed by atoms with Crippen molar-refractivity contribution in [2.75, 3.05) is 27.9 Å². The molecule has 18 heteroatoms. The fourth-order valence-corrected chi connectivity index (χ4v) is 4.76. The van der Waals surface area contributed by atoms with Gasteiger partial charge in [0.15, 0.2) is 18.7 Å². The molecule has 7 N–H and O–H groups in total. The Balaban J connectivity index is 1.84. The average Bonchev–Trinajstić information content (AvgIpc) is 2.94. The average molecular weight is 601 g/mol. The van der Waals surface area contributed by atoms with Crippen LogP contribution in [-0.2, 0) is 52.3 Å². The van der Waals surface area contributed by atoms with E-state index in [1.807, 2.05) is 0 Å². The molecule has 3 heterocycles. The van der Waals surface area contributed by atoms with E-state index in [-0.39, 0.29) is 6.61 Å². The van der Waals surface area contributed by atoms with Crippen molar-refractivity contribution in [2.45, 2.75) is 98.7 Å². The molecule has 9 unspecified atom stereocenters. The number of ether oxygens (including phenoxy) is 8. The summed E-state index contributed by atoms with van der Waals surface area (Å²) in [6.45, 7) is -0.350. The number of methoxy groups -OCH3 is 3. The monoisotopic (exact) mass is 600 g/mol. The number of hydrogen-bond donors (Lipinski definition) is 7. The number of carboxylic acid groups (broad SMARTS) is 1. The Morgan fingerprint density at radius 3 is 1.68 bits per heavy atom. The zero-order chi connectivity index (χ0) is 30.6. The number of carbonyl (C=O) groups is 3. The van der Waals surface area contributed by atoms with Gasteiger partial charge in [-0.05, 0) is 0 Å². The summed E-state index contributed by atoms with van der Waals surface area (Å²) in [5, 5.41) is 72.7. The zero-order valence-corrected chi connectivity index (χ0v) is 22.3. The van der Waals surface area contributed by atoms with E-state index in [1.54, 1.807) is 0 Å². The summed E-state index contributed by atoms with van der Waals surface area (Å²) in [4.78, 5) is 35.6. The first-order valence-electron chi connectivity index (χ1n) is 12.6. The quantitative estimate of drug-likeness (QED) is 0.116. The Morgan fingerprint density at radius 2 is 1.17 bits per heavy atom. The van der Waals surface area contributed by atoms with Gasteiger partial charge in [-0.3, -0.25) is 9.59 Å². The van der Waals surface area contributed by atoms with Crippen molar-refractivity contribution in [3.8, 4) is 0 Å². The van der Waals surface area contributed by atoms with Gasteiger partial charge >= 0.3 is 17.9 Å². The molecule has 3 rings (SSSR count). The molecule has 0 amide bonds. The number of aliphatic hydroxyl groups is 6. The first-order chi connectivity index (χ1) is 19.3. The number of esters is 2. The Kier molecular flexibility index (Phi) is 11.7. The summed E-state index contributed by atoms with van der Waals surface area (Å²) in [6, 6.07) is 0. The second-order valence-corrected chi connectivity index (χ2v) is 9.66. The lowest BCUT2D eigenvalue weighted by Crippen LogP contribution is -2.66. The molecular weight excluding hydrogens is 564 g/mol. The van der Waals surface area contributed by atoms with Crippen LogP contribution in [0.2, 0.25) is 0 Å². The first kappa shape index (κ1) is 33.4. The van der Waals surface area contributed by atoms with Crippen LogP contribution in [0.15, 0.2) is 0 Å². The number of rotatable bonds is 10. The van der Waals surface area contributed by atoms with Gasteiger partial charge in [0.2, 0.25) is 0 Å². The van der Waals surface area contributed by atoms with Crippen LogP contribution in [0.5, 0.6) is 0 Å². The molecule has 18 nitrogen and oxygen atoms in total. The molecule has 0 aromatic carbocycles. The molecule has 3 aliphatic rings. The maximum atomic E-state index is 12.1. The van der Waals surface area contributed by atoms with E-state index in [9.17, 15) is 50.1 Å². The van der Waals surface area contributed by atoms with Gasteiger partial charge in [0.05, 0.1) is 39.8 Å². The molecule has 236 valence electrons. The maximum Gasteiger partial charge on any atom is 0.335 e. The van der Waals surface area contributed by atoms with Crippen LogP contribution in [0, 0.1) is 0 Å². The molecule has 0 aromatic heterocycles. The van der Waals surface area contributed by atoms with Gasteiger partial charge in [-0.2, -0.15) is 0 Å². The topological polar surface area (TPSA) is 267 Å². The summed E-state index contributed by atoms with van der Waals surface area (Å²) < 4.78 is 41.7. The highest BCUT2D eigenvalue weighted by Gasteiger charge is 2.54. The molecule has 14 atom stereocenters. The molecule has 3 aliphatic heterocycles. The summed E-state index contributed by atoms with van der Waals surface area (Å²) in [6.07, 6.45) is -24.6. The van der Waals surface area contributed by atoms with Gasteiger partial charge in [0, 0.05) is 7.11 Å². The van der Waals surface area contributed by atoms with Crippen molar-refractivity contribution in [2.24, 2.45) is 0 Å². The standard InChI is InChI=1S/C23H36O18/c1-34-10(25)4-8-17(12(27)7(24)6-37-8)39-22-15(30)13(28)18(9(38-22)5-11(26)35-2)40-23-16(31)14(29)19(36-3)20(41-23)21(32)33/h7-9,12-20,22-24,27-31H,4-6H2,1-3H3,(H,32,33)/t7?,8?,9?,12?,13?,14?,15?,16?,17-,18-,19+,20?,22+,23-/m0/s1. The molecule has 0 aromatic rings. The number of carboxylic acids is 1. The van der Waals surface area contributed by atoms with Crippen LogP contribution in [-0.4, -0.2) is 167 Å². The zero-order valence-electron chi connectivity index (χ0n) is 22.3. The highest BCUT2D eigenvalue weighted by molar-refractivity contribution is 5.73. The number of hydrogen-bond acceptors (Lipinski definition) is 17. The summed E-state index contributed by atoms with van der Waals surface area (Å²) in [5.41, 5.74) is 0. The smallest absolute Gasteiger partial charge is 0.335 e. The predicted molar refractivity (Wildman–Crippen MR) is 125 cm³/mol. The molecule has 0 radical (unpaired) electrons. The van der Waals surface area contributed by atoms with Crippen LogP contribution in [0.3, 0.4) is 0 Å². The largest absolute Gasteiger partial charge is 0.479 e. The maximum absolute atomic E-state index is 12.1. The molecular formula is C23H36O18. The van der Waals surface area contributed by atoms with Gasteiger partial charge in [0.25, 0.3) is 0 Å². The fourth-order valence-electron chi connectivity index (χ4n) is 4.76. The Labute approximate surface area is 233 Å². The molecule has 0 aliphatic carbocycles. The summed E-state index contributed by atoms with van der Waals surface area (Å²) >= 11 is 0. The van der Waals surface area contributed by atoms with Gasteiger partial charge in [0.1, 0.15) is 61.0 Å². The Bertz CT molecular complexity index is 902. The van der Waals surface area contributed by atoms with E-state index in [0.29, 0.717) is 0 Å². The highest BCUT2D eigenvalue weighted by atomic mass is 16.7. The van der Waals surface area contributed by atoms with Crippen molar-refractivity contribution in [1.29, 1.82) is 0 Å². The van der Waals surface area contributed by atoms with Crippen LogP contribution in [0.4, 0.5) is 0 Å². The molecule has 0 bridgehead atoms. The third-order valence-corrected chi connectivity index (χ3v) is 7.05. The van der Waals surface area contributed by atoms with Crippen molar-refractivity contribution in [3.05, 3.63) is 0 Å². The predicted octanol–water partition coefficient (Wildman–Crippen LogP) is -5.00. The SMILES string of the molecule is COC(=O)CC1OCC(O)C(O)[C@H]1O[C@H]1OC(CC(=O)OC)[C@H](O[C@H]2OC(C(=O)O)[C@H](OC)C(O)C2O)C(O)C1O. The van der Waals surface area contributed by atoms with Crippen LogP contribution < -0.4 is 0 Å². The van der Waals surface area contributed by atoms with E-state index in [0.717, 1.165) is 21.3 Å². The van der Waals surface area contributed by atoms with E-state index in [4.69, 9.17) is 28.4 Å². The number of carbonyl (C=O) groups excluding carboxylic acids is 2. The van der Waals surface area contributed by atoms with Crippen molar-refractivity contribution < 1.29 is 88.0 Å². The second-order valence-electron chi connectivity index (χ2n) is 9.66. The van der Waals surface area contributed by atoms with Gasteiger partial charge in [-0.1, -0.05) is 0 Å². The lowest BCUT2D eigenvalue weighted by Gasteiger charge is -2.47. The molecule has 3 saturated heterocycles. The van der Waals surface area contributed by atoms with Gasteiger partial charge in [-0.15, -0.1) is 0 Å². The highest BCUT2D eigenvalue weighted by Crippen LogP contribution is 2.33. The fraction of sp³-hybridized carbons (Fsp3) is 0.870. The number of aliphatic carboxylic acids is 1. The van der Waals surface area contributed by atoms with E-state index < -0.39 is 117 Å². The number of aliphatic hydroxyl groups excluding tert-OH is 6. The normalized spacial score (nSPS) is 43.2. The summed E-state index contributed by atoms with van der Waals surface area (Å²) in [5.74, 6) is -3.18.